The molecule has 0 bridgehead atoms. The van der Waals surface area contributed by atoms with Gasteiger partial charge in [-0.15, -0.1) is 0 Å². The molecule has 0 saturated carbocycles. The first-order valence-corrected chi connectivity index (χ1v) is 4.44. The molecule has 0 heterocycles. The molecule has 0 aliphatic carbocycles. The molecule has 0 unspecified atom stereocenters. The van der Waals surface area contributed by atoms with Crippen LogP contribution in [0.1, 0.15) is 10.4 Å². The lowest BCUT2D eigenvalue weighted by atomic mass is 10.2. The second-order valence-corrected chi connectivity index (χ2v) is 2.69. The Kier molecular flexibility index (Phi) is 7.44. The number of aromatic hydroxyl groups is 1. The fourth-order valence-electron chi connectivity index (χ4n) is 0.764. The number of benzene rings is 1. The number of phenolic OH excluding ortho intramolecular Hbond substituents is 1. The van der Waals surface area contributed by atoms with E-state index in [4.69, 9.17) is 5.11 Å². The maximum atomic E-state index is 10.1. The highest BCUT2D eigenvalue weighted by Crippen LogP contribution is 2.11. The van der Waals surface area contributed by atoms with Crippen LogP contribution in [-0.2, 0) is 14.3 Å². The molecule has 1 aromatic rings. The van der Waals surface area contributed by atoms with Gasteiger partial charge in [0.2, 0.25) is 0 Å². The molecular weight excluding hydrogens is 212 g/mol. The SMILES string of the molecule is COCC(=O)OC.O=Cc1ccccc1O. The molecule has 88 valence electrons. The normalized spacial score (nSPS) is 8.62. The zero-order valence-corrected chi connectivity index (χ0v) is 9.17. The van der Waals surface area contributed by atoms with Crippen LogP contribution < -0.4 is 0 Å². The summed E-state index contributed by atoms with van der Waals surface area (Å²) < 4.78 is 8.65. The van der Waals surface area contributed by atoms with Crippen LogP contribution in [0.2, 0.25) is 0 Å². The van der Waals surface area contributed by atoms with E-state index in [1.807, 2.05) is 0 Å². The molecule has 0 aliphatic rings. The standard InChI is InChI=1S/C7H6O2.C4H8O3/c8-5-6-3-1-2-4-7(6)9;1-6-3-4(5)7-2/h1-5,9H;3H2,1-2H3. The van der Waals surface area contributed by atoms with Gasteiger partial charge in [-0.25, -0.2) is 4.79 Å². The lowest BCUT2D eigenvalue weighted by Gasteiger charge is -1.92. The third-order valence-corrected chi connectivity index (χ3v) is 1.55. The fourth-order valence-corrected chi connectivity index (χ4v) is 0.764. The van der Waals surface area contributed by atoms with E-state index in [0.29, 0.717) is 11.8 Å². The summed E-state index contributed by atoms with van der Waals surface area (Å²) in [6, 6.07) is 6.40. The van der Waals surface area contributed by atoms with Crippen LogP contribution in [0.4, 0.5) is 0 Å². The first-order chi connectivity index (χ1) is 7.65. The van der Waals surface area contributed by atoms with E-state index >= 15 is 0 Å². The van der Waals surface area contributed by atoms with E-state index in [1.165, 1.54) is 20.3 Å². The number of hydrogen-bond acceptors (Lipinski definition) is 5. The second-order valence-electron chi connectivity index (χ2n) is 2.69. The van der Waals surface area contributed by atoms with Crippen molar-refractivity contribution in [2.45, 2.75) is 0 Å². The maximum absolute atomic E-state index is 10.1. The number of ether oxygens (including phenoxy) is 2. The van der Waals surface area contributed by atoms with E-state index < -0.39 is 0 Å². The molecule has 5 heteroatoms. The summed E-state index contributed by atoms with van der Waals surface area (Å²) in [6.07, 6.45) is 0.620. The molecule has 0 spiro atoms. The molecule has 0 aliphatic heterocycles. The summed E-state index contributed by atoms with van der Waals surface area (Å²) in [5, 5.41) is 8.88. The monoisotopic (exact) mass is 226 g/mol. The first kappa shape index (κ1) is 14.1. The van der Waals surface area contributed by atoms with Gasteiger partial charge in [0.1, 0.15) is 12.4 Å². The van der Waals surface area contributed by atoms with E-state index in [0.717, 1.165) is 0 Å². The summed E-state index contributed by atoms with van der Waals surface area (Å²) in [7, 11) is 2.76. The van der Waals surface area contributed by atoms with Crippen molar-refractivity contribution in [3.05, 3.63) is 29.8 Å². The van der Waals surface area contributed by atoms with Crippen molar-refractivity contribution >= 4 is 12.3 Å². The van der Waals surface area contributed by atoms with Crippen molar-refractivity contribution in [3.63, 3.8) is 0 Å². The molecule has 5 nitrogen and oxygen atoms in total. The summed E-state index contributed by atoms with van der Waals surface area (Å²) in [6.45, 7) is 0.0382. The quantitative estimate of drug-likeness (QED) is 0.615. The number of rotatable bonds is 3. The third kappa shape index (κ3) is 5.77. The Bertz CT molecular complexity index is 335. The molecule has 0 saturated heterocycles. The topological polar surface area (TPSA) is 72.8 Å². The van der Waals surface area contributed by atoms with Crippen LogP contribution in [0, 0.1) is 0 Å². The minimum absolute atomic E-state index is 0.0347. The molecule has 0 aromatic heterocycles. The van der Waals surface area contributed by atoms with E-state index in [9.17, 15) is 9.59 Å². The number of carbonyl (C=O) groups is 2. The minimum atomic E-state index is -0.345. The Morgan fingerprint density at radius 3 is 2.31 bits per heavy atom. The van der Waals surface area contributed by atoms with Crippen LogP contribution in [0.15, 0.2) is 24.3 Å². The van der Waals surface area contributed by atoms with Crippen LogP contribution in [-0.4, -0.2) is 38.2 Å². The van der Waals surface area contributed by atoms with Gasteiger partial charge in [-0.2, -0.15) is 0 Å². The predicted molar refractivity (Wildman–Crippen MR) is 57.4 cm³/mol. The summed E-state index contributed by atoms with van der Waals surface area (Å²) in [5.74, 6) is -0.310. The Hall–Kier alpha value is -1.88. The van der Waals surface area contributed by atoms with Gasteiger partial charge in [0.05, 0.1) is 12.7 Å². The minimum Gasteiger partial charge on any atom is -0.507 e. The first-order valence-electron chi connectivity index (χ1n) is 4.44. The Morgan fingerprint density at radius 2 is 2.00 bits per heavy atom. The van der Waals surface area contributed by atoms with Gasteiger partial charge in [-0.1, -0.05) is 12.1 Å². The molecule has 0 amide bonds. The van der Waals surface area contributed by atoms with Gasteiger partial charge in [0.25, 0.3) is 0 Å². The Balaban J connectivity index is 0.000000293. The molecule has 0 atom stereocenters. The van der Waals surface area contributed by atoms with Crippen molar-refractivity contribution < 1.29 is 24.2 Å². The highest BCUT2D eigenvalue weighted by atomic mass is 16.6. The van der Waals surface area contributed by atoms with Gasteiger partial charge in [0, 0.05) is 7.11 Å². The number of carbonyl (C=O) groups excluding carboxylic acids is 2. The van der Waals surface area contributed by atoms with Crippen molar-refractivity contribution in [2.24, 2.45) is 0 Å². The van der Waals surface area contributed by atoms with Crippen LogP contribution in [0.3, 0.4) is 0 Å². The molecule has 16 heavy (non-hydrogen) atoms. The summed E-state index contributed by atoms with van der Waals surface area (Å²) in [4.78, 5) is 20.1. The average Bonchev–Trinajstić information content (AvgIpc) is 2.31. The zero-order valence-electron chi connectivity index (χ0n) is 9.17. The van der Waals surface area contributed by atoms with Crippen LogP contribution in [0.25, 0.3) is 0 Å². The predicted octanol–water partition coefficient (Wildman–Crippen LogP) is 1.01. The van der Waals surface area contributed by atoms with Crippen LogP contribution >= 0.6 is 0 Å². The maximum Gasteiger partial charge on any atom is 0.331 e. The molecule has 1 rings (SSSR count). The average molecular weight is 226 g/mol. The fraction of sp³-hybridized carbons (Fsp3) is 0.273. The van der Waals surface area contributed by atoms with Gasteiger partial charge >= 0.3 is 5.97 Å². The Labute approximate surface area is 93.6 Å². The van der Waals surface area contributed by atoms with E-state index in [-0.39, 0.29) is 18.3 Å². The molecule has 0 fully saturated rings. The summed E-state index contributed by atoms with van der Waals surface area (Å²) in [5.41, 5.74) is 0.331. The summed E-state index contributed by atoms with van der Waals surface area (Å²) >= 11 is 0. The molecule has 1 aromatic carbocycles. The smallest absolute Gasteiger partial charge is 0.331 e. The van der Waals surface area contributed by atoms with Crippen molar-refractivity contribution in [2.75, 3.05) is 20.8 Å². The molecular formula is C11H14O5. The highest BCUT2D eigenvalue weighted by molar-refractivity contribution is 5.78. The van der Waals surface area contributed by atoms with Crippen molar-refractivity contribution in [1.82, 2.24) is 0 Å². The van der Waals surface area contributed by atoms with E-state index in [2.05, 4.69) is 9.47 Å². The number of aldehydes is 1. The number of esters is 1. The largest absolute Gasteiger partial charge is 0.507 e. The van der Waals surface area contributed by atoms with Gasteiger partial charge < -0.3 is 14.6 Å². The Morgan fingerprint density at radius 1 is 1.38 bits per heavy atom. The van der Waals surface area contributed by atoms with E-state index in [1.54, 1.807) is 18.2 Å². The van der Waals surface area contributed by atoms with Gasteiger partial charge in [-0.3, -0.25) is 4.79 Å². The number of phenols is 1. The van der Waals surface area contributed by atoms with Gasteiger partial charge in [-0.05, 0) is 12.1 Å². The zero-order chi connectivity index (χ0) is 12.4. The van der Waals surface area contributed by atoms with Crippen molar-refractivity contribution in [3.8, 4) is 5.75 Å². The lowest BCUT2D eigenvalue weighted by molar-refractivity contribution is -0.144. The van der Waals surface area contributed by atoms with Crippen LogP contribution in [0.5, 0.6) is 5.75 Å². The molecule has 0 radical (unpaired) electrons. The third-order valence-electron chi connectivity index (χ3n) is 1.55. The van der Waals surface area contributed by atoms with Gasteiger partial charge in [0.15, 0.2) is 6.29 Å². The lowest BCUT2D eigenvalue weighted by Crippen LogP contribution is -2.07. The second kappa shape index (κ2) is 8.43. The number of para-hydroxylation sites is 1. The van der Waals surface area contributed by atoms with Crippen molar-refractivity contribution in [1.29, 1.82) is 0 Å². The number of methoxy groups -OCH3 is 2. The highest BCUT2D eigenvalue weighted by Gasteiger charge is 1.93. The molecule has 1 N–H and O–H groups in total. The number of hydrogen-bond donors (Lipinski definition) is 1.